The van der Waals surface area contributed by atoms with Gasteiger partial charge in [-0.25, -0.2) is 0 Å². The van der Waals surface area contributed by atoms with E-state index in [2.05, 4.69) is 24.5 Å². The van der Waals surface area contributed by atoms with Crippen LogP contribution in [0.4, 0.5) is 0 Å². The molecular formula is C11H22N2O. The van der Waals surface area contributed by atoms with Crippen molar-refractivity contribution in [3.8, 4) is 0 Å². The van der Waals surface area contributed by atoms with E-state index in [4.69, 9.17) is 0 Å². The van der Waals surface area contributed by atoms with E-state index in [9.17, 15) is 4.79 Å². The lowest BCUT2D eigenvalue weighted by atomic mass is 10.0. The number of carbonyl (C=O) groups excluding carboxylic acids is 1. The molecule has 82 valence electrons. The summed E-state index contributed by atoms with van der Waals surface area (Å²) in [5.74, 6) is 0.198. The van der Waals surface area contributed by atoms with Gasteiger partial charge in [0.25, 0.3) is 0 Å². The van der Waals surface area contributed by atoms with Gasteiger partial charge in [0, 0.05) is 25.0 Å². The smallest absolute Gasteiger partial charge is 0.220 e. The number of carbonyl (C=O) groups is 1. The minimum atomic E-state index is 0.198. The fraction of sp³-hybridized carbons (Fsp3) is 0.909. The average Bonchev–Trinajstić information content (AvgIpc) is 2.18. The van der Waals surface area contributed by atoms with Gasteiger partial charge in [-0.1, -0.05) is 19.8 Å². The number of piperidine rings is 1. The molecule has 0 aromatic carbocycles. The van der Waals surface area contributed by atoms with Crippen LogP contribution in [0.3, 0.4) is 0 Å². The van der Waals surface area contributed by atoms with Crippen molar-refractivity contribution >= 4 is 5.91 Å². The Balaban J connectivity index is 2.13. The Labute approximate surface area is 86.6 Å². The molecule has 0 radical (unpaired) electrons. The number of rotatable bonds is 5. The first-order valence-corrected chi connectivity index (χ1v) is 5.75. The van der Waals surface area contributed by atoms with Gasteiger partial charge in [0.1, 0.15) is 0 Å². The summed E-state index contributed by atoms with van der Waals surface area (Å²) >= 11 is 0. The van der Waals surface area contributed by atoms with Crippen molar-refractivity contribution in [2.75, 3.05) is 6.54 Å². The van der Waals surface area contributed by atoms with E-state index in [1.54, 1.807) is 0 Å². The maximum Gasteiger partial charge on any atom is 0.220 e. The molecule has 0 spiro atoms. The topological polar surface area (TPSA) is 41.1 Å². The molecule has 0 bridgehead atoms. The molecular weight excluding hydrogens is 176 g/mol. The number of nitrogens with one attached hydrogen (secondary N) is 2. The summed E-state index contributed by atoms with van der Waals surface area (Å²) < 4.78 is 0. The Morgan fingerprint density at radius 2 is 2.43 bits per heavy atom. The van der Waals surface area contributed by atoms with Crippen molar-refractivity contribution in [2.24, 2.45) is 0 Å². The van der Waals surface area contributed by atoms with E-state index >= 15 is 0 Å². The monoisotopic (exact) mass is 198 g/mol. The highest BCUT2D eigenvalue weighted by atomic mass is 16.1. The summed E-state index contributed by atoms with van der Waals surface area (Å²) in [5.41, 5.74) is 0. The molecule has 2 unspecified atom stereocenters. The predicted molar refractivity (Wildman–Crippen MR) is 58.2 cm³/mol. The molecule has 1 rings (SSSR count). The third kappa shape index (κ3) is 4.09. The molecule has 0 aromatic rings. The zero-order valence-electron chi connectivity index (χ0n) is 9.31. The van der Waals surface area contributed by atoms with E-state index in [1.807, 2.05) is 0 Å². The Bertz CT molecular complexity index is 172. The van der Waals surface area contributed by atoms with Crippen LogP contribution in [-0.2, 0) is 4.79 Å². The molecule has 2 atom stereocenters. The van der Waals surface area contributed by atoms with Crippen molar-refractivity contribution in [1.82, 2.24) is 10.6 Å². The van der Waals surface area contributed by atoms with E-state index < -0.39 is 0 Å². The molecule has 1 heterocycles. The minimum absolute atomic E-state index is 0.198. The minimum Gasteiger partial charge on any atom is -0.355 e. The second-order valence-corrected chi connectivity index (χ2v) is 4.25. The standard InChI is InChI=1S/C11H22N2O/c1-3-4-5-9(2)13-10-6-7-11(14)12-8-10/h9-10,13H,3-8H2,1-2H3,(H,12,14). The lowest BCUT2D eigenvalue weighted by molar-refractivity contribution is -0.122. The lowest BCUT2D eigenvalue weighted by Crippen LogP contribution is -2.48. The highest BCUT2D eigenvalue weighted by Gasteiger charge is 2.18. The summed E-state index contributed by atoms with van der Waals surface area (Å²) in [6, 6.07) is 1.06. The highest BCUT2D eigenvalue weighted by molar-refractivity contribution is 5.76. The van der Waals surface area contributed by atoms with Crippen LogP contribution in [0.15, 0.2) is 0 Å². The summed E-state index contributed by atoms with van der Waals surface area (Å²) in [5, 5.41) is 6.45. The second-order valence-electron chi connectivity index (χ2n) is 4.25. The van der Waals surface area contributed by atoms with Crippen LogP contribution in [0, 0.1) is 0 Å². The molecule has 0 saturated carbocycles. The predicted octanol–water partition coefficient (Wildman–Crippen LogP) is 1.43. The van der Waals surface area contributed by atoms with Gasteiger partial charge >= 0.3 is 0 Å². The highest BCUT2D eigenvalue weighted by Crippen LogP contribution is 2.06. The van der Waals surface area contributed by atoms with Crippen LogP contribution >= 0.6 is 0 Å². The maximum absolute atomic E-state index is 10.9. The quantitative estimate of drug-likeness (QED) is 0.701. The summed E-state index contributed by atoms with van der Waals surface area (Å²) in [6.45, 7) is 5.24. The Hall–Kier alpha value is -0.570. The van der Waals surface area contributed by atoms with Crippen LogP contribution in [0.1, 0.15) is 46.0 Å². The van der Waals surface area contributed by atoms with Crippen molar-refractivity contribution in [1.29, 1.82) is 0 Å². The van der Waals surface area contributed by atoms with E-state index in [0.717, 1.165) is 13.0 Å². The molecule has 3 heteroatoms. The Morgan fingerprint density at radius 1 is 1.64 bits per heavy atom. The van der Waals surface area contributed by atoms with Gasteiger partial charge in [-0.05, 0) is 19.8 Å². The molecule has 1 amide bonds. The fourth-order valence-electron chi connectivity index (χ4n) is 1.87. The number of hydrogen-bond donors (Lipinski definition) is 2. The first-order valence-electron chi connectivity index (χ1n) is 5.75. The molecule has 0 aliphatic carbocycles. The summed E-state index contributed by atoms with van der Waals surface area (Å²) in [6.07, 6.45) is 5.45. The molecule has 2 N–H and O–H groups in total. The molecule has 1 fully saturated rings. The van der Waals surface area contributed by atoms with Crippen molar-refractivity contribution in [2.45, 2.75) is 58.0 Å². The zero-order valence-corrected chi connectivity index (χ0v) is 9.31. The first kappa shape index (κ1) is 11.5. The van der Waals surface area contributed by atoms with Gasteiger partial charge < -0.3 is 10.6 Å². The van der Waals surface area contributed by atoms with Crippen molar-refractivity contribution < 1.29 is 4.79 Å². The van der Waals surface area contributed by atoms with Gasteiger partial charge in [0.2, 0.25) is 5.91 Å². The van der Waals surface area contributed by atoms with E-state index in [-0.39, 0.29) is 5.91 Å². The molecule has 1 aliphatic rings. The zero-order chi connectivity index (χ0) is 10.4. The molecule has 0 aromatic heterocycles. The molecule has 1 saturated heterocycles. The van der Waals surface area contributed by atoms with Gasteiger partial charge in [-0.15, -0.1) is 0 Å². The largest absolute Gasteiger partial charge is 0.355 e. The second kappa shape index (κ2) is 6.02. The Kier molecular flexibility index (Phi) is 4.94. The SMILES string of the molecule is CCCCC(C)NC1CCC(=O)NC1. The molecule has 1 aliphatic heterocycles. The third-order valence-electron chi connectivity index (χ3n) is 2.78. The Morgan fingerprint density at radius 3 is 3.00 bits per heavy atom. The summed E-state index contributed by atoms with van der Waals surface area (Å²) in [4.78, 5) is 10.9. The van der Waals surface area contributed by atoms with Gasteiger partial charge in [-0.3, -0.25) is 4.79 Å². The fourth-order valence-corrected chi connectivity index (χ4v) is 1.87. The average molecular weight is 198 g/mol. The van der Waals surface area contributed by atoms with Crippen molar-refractivity contribution in [3.63, 3.8) is 0 Å². The van der Waals surface area contributed by atoms with Gasteiger partial charge in [0.05, 0.1) is 0 Å². The van der Waals surface area contributed by atoms with Gasteiger partial charge in [-0.2, -0.15) is 0 Å². The first-order chi connectivity index (χ1) is 6.72. The number of unbranched alkanes of at least 4 members (excludes halogenated alkanes) is 1. The lowest BCUT2D eigenvalue weighted by Gasteiger charge is -2.26. The summed E-state index contributed by atoms with van der Waals surface area (Å²) in [7, 11) is 0. The normalized spacial score (nSPS) is 24.4. The van der Waals surface area contributed by atoms with Crippen LogP contribution in [-0.4, -0.2) is 24.5 Å². The maximum atomic E-state index is 10.9. The van der Waals surface area contributed by atoms with Crippen LogP contribution in [0.25, 0.3) is 0 Å². The van der Waals surface area contributed by atoms with Crippen LogP contribution < -0.4 is 10.6 Å². The number of hydrogen-bond acceptors (Lipinski definition) is 2. The van der Waals surface area contributed by atoms with Crippen LogP contribution in [0.5, 0.6) is 0 Å². The molecule has 14 heavy (non-hydrogen) atoms. The number of amides is 1. The molecule has 3 nitrogen and oxygen atoms in total. The van der Waals surface area contributed by atoms with Crippen LogP contribution in [0.2, 0.25) is 0 Å². The van der Waals surface area contributed by atoms with Crippen molar-refractivity contribution in [3.05, 3.63) is 0 Å². The third-order valence-corrected chi connectivity index (χ3v) is 2.78. The van der Waals surface area contributed by atoms with Gasteiger partial charge in [0.15, 0.2) is 0 Å². The van der Waals surface area contributed by atoms with E-state index in [0.29, 0.717) is 18.5 Å². The van der Waals surface area contributed by atoms with E-state index in [1.165, 1.54) is 19.3 Å².